The molecule has 0 unspecified atom stereocenters. The lowest BCUT2D eigenvalue weighted by atomic mass is 9.96. The summed E-state index contributed by atoms with van der Waals surface area (Å²) in [4.78, 5) is 26.5. The average molecular weight is 399 g/mol. The second kappa shape index (κ2) is 8.21. The molecule has 2 aliphatic heterocycles. The van der Waals surface area contributed by atoms with Gasteiger partial charge in [0.2, 0.25) is 5.91 Å². The molecule has 2 aromatic rings. The Morgan fingerprint density at radius 1 is 1.07 bits per heavy atom. The summed E-state index contributed by atoms with van der Waals surface area (Å²) in [7, 11) is 0. The zero-order valence-corrected chi connectivity index (χ0v) is 15.8. The number of halogens is 1. The summed E-state index contributed by atoms with van der Waals surface area (Å²) >= 11 is 0. The number of nitrogens with zero attached hydrogens (tertiary/aromatic N) is 1. The monoisotopic (exact) mass is 399 g/mol. The first-order valence-corrected chi connectivity index (χ1v) is 9.65. The van der Waals surface area contributed by atoms with Gasteiger partial charge in [0.1, 0.15) is 18.2 Å². The molecule has 0 aromatic heterocycles. The van der Waals surface area contributed by atoms with Crippen molar-refractivity contribution in [1.82, 2.24) is 4.90 Å². The molecule has 7 heteroatoms. The molecule has 0 spiro atoms. The highest BCUT2D eigenvalue weighted by Gasteiger charge is 2.34. The number of ether oxygens (including phenoxy) is 2. The average Bonchev–Trinajstić information content (AvgIpc) is 2.93. The van der Waals surface area contributed by atoms with Crippen LogP contribution in [-0.4, -0.2) is 41.7 Å². The Labute approximate surface area is 167 Å². The van der Waals surface area contributed by atoms with Crippen molar-refractivity contribution in [1.29, 1.82) is 0 Å². The summed E-state index contributed by atoms with van der Waals surface area (Å²) in [6.45, 7) is 1.57. The molecule has 6 nitrogen and oxygen atoms in total. The molecular formula is C22H22FNO5. The normalized spacial score (nSPS) is 19.8. The van der Waals surface area contributed by atoms with E-state index in [1.54, 1.807) is 23.1 Å². The van der Waals surface area contributed by atoms with Gasteiger partial charge in [-0.15, -0.1) is 0 Å². The van der Waals surface area contributed by atoms with Crippen molar-refractivity contribution in [2.75, 3.05) is 19.8 Å². The topological polar surface area (TPSA) is 76.1 Å². The Bertz CT molecular complexity index is 908. The molecule has 1 N–H and O–H groups in total. The van der Waals surface area contributed by atoms with Crippen LogP contribution in [0.3, 0.4) is 0 Å². The minimum atomic E-state index is -1.04. The maximum atomic E-state index is 13.4. The maximum Gasteiger partial charge on any atom is 0.335 e. The largest absolute Gasteiger partial charge is 0.491 e. The first-order chi connectivity index (χ1) is 14.0. The number of hydrogen-bond donors (Lipinski definition) is 1. The highest BCUT2D eigenvalue weighted by Crippen LogP contribution is 2.34. The highest BCUT2D eigenvalue weighted by molar-refractivity contribution is 5.88. The lowest BCUT2D eigenvalue weighted by Crippen LogP contribution is -2.41. The van der Waals surface area contributed by atoms with Crippen LogP contribution in [0.4, 0.5) is 4.39 Å². The Morgan fingerprint density at radius 2 is 1.79 bits per heavy atom. The van der Waals surface area contributed by atoms with Crippen LogP contribution >= 0.6 is 0 Å². The Balaban J connectivity index is 1.69. The number of carbonyl (C=O) groups is 2. The highest BCUT2D eigenvalue weighted by atomic mass is 19.1. The number of carboxylic acids is 1. The summed E-state index contributed by atoms with van der Waals surface area (Å²) in [5.74, 6) is -1.04. The predicted octanol–water partition coefficient (Wildman–Crippen LogP) is 3.41. The standard InChI is InChI=1S/C22H22FNO5/c23-18-5-3-14(4-6-18)19-13-29-20-11-16(22(26)27)1-2-17(20)12-24(19)21(25)15-7-9-28-10-8-15/h1-6,11,15,19H,7-10,12-13H2,(H,26,27)/t19-/m1/s1. The van der Waals surface area contributed by atoms with Crippen LogP contribution in [0, 0.1) is 11.7 Å². The molecule has 2 aliphatic rings. The molecule has 29 heavy (non-hydrogen) atoms. The van der Waals surface area contributed by atoms with E-state index in [1.165, 1.54) is 24.3 Å². The van der Waals surface area contributed by atoms with E-state index >= 15 is 0 Å². The number of amides is 1. The maximum absolute atomic E-state index is 13.4. The zero-order chi connectivity index (χ0) is 20.4. The van der Waals surface area contributed by atoms with E-state index in [-0.39, 0.29) is 29.8 Å². The summed E-state index contributed by atoms with van der Waals surface area (Å²) in [5, 5.41) is 9.26. The van der Waals surface area contributed by atoms with E-state index in [4.69, 9.17) is 9.47 Å². The van der Waals surface area contributed by atoms with E-state index < -0.39 is 12.0 Å². The van der Waals surface area contributed by atoms with Gasteiger partial charge in [-0.1, -0.05) is 18.2 Å². The van der Waals surface area contributed by atoms with Gasteiger partial charge >= 0.3 is 5.97 Å². The molecular weight excluding hydrogens is 377 g/mol. The number of rotatable bonds is 3. The van der Waals surface area contributed by atoms with Crippen molar-refractivity contribution in [2.45, 2.75) is 25.4 Å². The van der Waals surface area contributed by atoms with Crippen molar-refractivity contribution >= 4 is 11.9 Å². The predicted molar refractivity (Wildman–Crippen MR) is 102 cm³/mol. The van der Waals surface area contributed by atoms with Crippen LogP contribution in [0.1, 0.15) is 40.4 Å². The third kappa shape index (κ3) is 4.10. The second-order valence-electron chi connectivity index (χ2n) is 7.36. The van der Waals surface area contributed by atoms with Crippen molar-refractivity contribution in [3.8, 4) is 5.75 Å². The van der Waals surface area contributed by atoms with Gasteiger partial charge in [-0.3, -0.25) is 4.79 Å². The third-order valence-corrected chi connectivity index (χ3v) is 5.54. The number of fused-ring (bicyclic) bond motifs is 1. The van der Waals surface area contributed by atoms with Crippen molar-refractivity contribution in [3.05, 3.63) is 65.0 Å². The van der Waals surface area contributed by atoms with Crippen LogP contribution < -0.4 is 4.74 Å². The van der Waals surface area contributed by atoms with Crippen LogP contribution in [0.25, 0.3) is 0 Å². The Kier molecular flexibility index (Phi) is 5.49. The van der Waals surface area contributed by atoms with Gasteiger partial charge in [0.15, 0.2) is 0 Å². The molecule has 0 bridgehead atoms. The van der Waals surface area contributed by atoms with Gasteiger partial charge in [0, 0.05) is 24.7 Å². The number of aromatic carboxylic acids is 1. The lowest BCUT2D eigenvalue weighted by molar-refractivity contribution is -0.142. The summed E-state index contributed by atoms with van der Waals surface area (Å²) < 4.78 is 24.7. The molecule has 1 atom stereocenters. The molecule has 2 heterocycles. The quantitative estimate of drug-likeness (QED) is 0.856. The first-order valence-electron chi connectivity index (χ1n) is 9.65. The number of benzene rings is 2. The van der Waals surface area contributed by atoms with Gasteiger partial charge in [0.05, 0.1) is 18.2 Å². The van der Waals surface area contributed by atoms with Crippen molar-refractivity contribution in [3.63, 3.8) is 0 Å². The third-order valence-electron chi connectivity index (χ3n) is 5.54. The molecule has 1 amide bonds. The Morgan fingerprint density at radius 3 is 2.48 bits per heavy atom. The van der Waals surface area contributed by atoms with E-state index in [0.29, 0.717) is 38.3 Å². The lowest BCUT2D eigenvalue weighted by Gasteiger charge is -2.34. The molecule has 0 radical (unpaired) electrons. The van der Waals surface area contributed by atoms with E-state index in [2.05, 4.69) is 0 Å². The van der Waals surface area contributed by atoms with Crippen LogP contribution in [-0.2, 0) is 16.1 Å². The molecule has 0 aliphatic carbocycles. The van der Waals surface area contributed by atoms with Gasteiger partial charge in [0.25, 0.3) is 0 Å². The number of carboxylic acid groups (broad SMARTS) is 1. The fourth-order valence-electron chi connectivity index (χ4n) is 3.88. The minimum absolute atomic E-state index is 0.0152. The molecule has 1 fully saturated rings. The number of carbonyl (C=O) groups excluding carboxylic acids is 1. The zero-order valence-electron chi connectivity index (χ0n) is 15.8. The van der Waals surface area contributed by atoms with Gasteiger partial charge < -0.3 is 19.5 Å². The molecule has 152 valence electrons. The van der Waals surface area contributed by atoms with Crippen LogP contribution in [0.2, 0.25) is 0 Å². The molecule has 2 aromatic carbocycles. The SMILES string of the molecule is O=C(O)c1ccc2c(c1)OC[C@H](c1ccc(F)cc1)N(C(=O)C1CCOCC1)C2. The Hall–Kier alpha value is -2.93. The fourth-order valence-corrected chi connectivity index (χ4v) is 3.88. The van der Waals surface area contributed by atoms with Gasteiger partial charge in [-0.05, 0) is 42.7 Å². The summed E-state index contributed by atoms with van der Waals surface area (Å²) in [6, 6.07) is 10.3. The smallest absolute Gasteiger partial charge is 0.335 e. The van der Waals surface area contributed by atoms with Gasteiger partial charge in [-0.2, -0.15) is 0 Å². The number of hydrogen-bond acceptors (Lipinski definition) is 4. The van der Waals surface area contributed by atoms with E-state index in [1.807, 2.05) is 0 Å². The van der Waals surface area contributed by atoms with Crippen molar-refractivity contribution in [2.24, 2.45) is 5.92 Å². The molecule has 0 saturated carbocycles. The minimum Gasteiger partial charge on any atom is -0.491 e. The van der Waals surface area contributed by atoms with E-state index in [0.717, 1.165) is 11.1 Å². The van der Waals surface area contributed by atoms with Crippen LogP contribution in [0.15, 0.2) is 42.5 Å². The van der Waals surface area contributed by atoms with Gasteiger partial charge in [-0.25, -0.2) is 9.18 Å². The molecule has 1 saturated heterocycles. The van der Waals surface area contributed by atoms with Crippen LogP contribution in [0.5, 0.6) is 5.75 Å². The second-order valence-corrected chi connectivity index (χ2v) is 7.36. The van der Waals surface area contributed by atoms with E-state index in [9.17, 15) is 19.1 Å². The summed E-state index contributed by atoms with van der Waals surface area (Å²) in [6.07, 6.45) is 1.33. The molecule has 4 rings (SSSR count). The first kappa shape index (κ1) is 19.4. The fraction of sp³-hybridized carbons (Fsp3) is 0.364. The van der Waals surface area contributed by atoms with Crippen molar-refractivity contribution < 1.29 is 28.6 Å². The summed E-state index contributed by atoms with van der Waals surface area (Å²) in [5.41, 5.74) is 1.66.